The van der Waals surface area contributed by atoms with Crippen molar-refractivity contribution in [3.8, 4) is 0 Å². The number of hydrogen-bond acceptors (Lipinski definition) is 2. The van der Waals surface area contributed by atoms with Crippen molar-refractivity contribution in [1.82, 2.24) is 0 Å². The Balaban J connectivity index is 3.29. The quantitative estimate of drug-likeness (QED) is 0.203. The maximum atomic E-state index is 10.9. The van der Waals surface area contributed by atoms with Crippen LogP contribution >= 0.6 is 0 Å². The van der Waals surface area contributed by atoms with E-state index < -0.39 is 18.6 Å². The van der Waals surface area contributed by atoms with Crippen molar-refractivity contribution in [2.24, 2.45) is 11.8 Å². The van der Waals surface area contributed by atoms with E-state index in [0.29, 0.717) is 5.92 Å². The predicted molar refractivity (Wildman–Crippen MR) is 102 cm³/mol. The summed E-state index contributed by atoms with van der Waals surface area (Å²) in [5.41, 5.74) is 0. The second-order valence-corrected chi connectivity index (χ2v) is 9.58. The van der Waals surface area contributed by atoms with Gasteiger partial charge in [0.15, 0.2) is 0 Å². The molecule has 0 amide bonds. The van der Waals surface area contributed by atoms with Gasteiger partial charge in [-0.1, -0.05) is 39.5 Å². The molecule has 0 aromatic carbocycles. The standard InChI is InChI=1S/C21H43O.H2O.O.Ti/c1-19(2)17-15-13-11-9-7-5-6-8-10-12-14-16-18-21(22)20(3)4;;;/h19-21H,5-18H2,1-4H3;1H2;;/q-1;;;+2/p-1. The minimum atomic E-state index is -3.38. The Kier molecular flexibility index (Phi) is 18.1. The zero-order chi connectivity index (χ0) is 18.9. The molecule has 1 unspecified atom stereocenters. The predicted octanol–water partition coefficient (Wildman–Crippen LogP) is 6.93. The van der Waals surface area contributed by atoms with Crippen molar-refractivity contribution >= 4 is 0 Å². The van der Waals surface area contributed by atoms with Gasteiger partial charge in [-0.15, -0.1) is 0 Å². The zero-order valence-corrected chi connectivity index (χ0v) is 19.0. The monoisotopic (exact) mass is 392 g/mol. The van der Waals surface area contributed by atoms with Crippen LogP contribution in [0.4, 0.5) is 0 Å². The van der Waals surface area contributed by atoms with E-state index in [1.165, 1.54) is 77.0 Å². The normalized spacial score (nSPS) is 12.9. The summed E-state index contributed by atoms with van der Waals surface area (Å²) in [5.74, 6) is 1.19. The average Bonchev–Trinajstić information content (AvgIpc) is 2.53. The molecule has 0 heterocycles. The Bertz CT molecular complexity index is 306. The van der Waals surface area contributed by atoms with Crippen molar-refractivity contribution in [2.45, 2.75) is 124 Å². The van der Waals surface area contributed by atoms with Crippen LogP contribution in [0, 0.1) is 11.8 Å². The molecule has 0 radical (unpaired) electrons. The molecular weight excluding hydrogens is 348 g/mol. The van der Waals surface area contributed by atoms with E-state index in [4.69, 9.17) is 7.01 Å². The number of rotatable bonds is 18. The maximum absolute atomic E-state index is 10.9. The van der Waals surface area contributed by atoms with Crippen LogP contribution in [0.15, 0.2) is 0 Å². The Hall–Kier alpha value is 0.434. The third kappa shape index (κ3) is 19.0. The van der Waals surface area contributed by atoms with Crippen LogP contribution < -0.4 is 0 Å². The van der Waals surface area contributed by atoms with Crippen LogP contribution in [0.3, 0.4) is 0 Å². The molecule has 0 bridgehead atoms. The van der Waals surface area contributed by atoms with E-state index in [1.54, 1.807) is 0 Å². The molecule has 0 aromatic heterocycles. The molecule has 0 aliphatic rings. The van der Waals surface area contributed by atoms with Crippen LogP contribution in [0.25, 0.3) is 0 Å². The average molecular weight is 392 g/mol. The molecule has 1 atom stereocenters. The molecule has 4 heteroatoms. The Morgan fingerprint density at radius 1 is 0.680 bits per heavy atom. The molecule has 3 nitrogen and oxygen atoms in total. The van der Waals surface area contributed by atoms with Gasteiger partial charge in [0.1, 0.15) is 0 Å². The molecule has 0 spiro atoms. The van der Waals surface area contributed by atoms with Gasteiger partial charge in [-0.05, 0) is 5.92 Å². The molecule has 0 saturated carbocycles. The van der Waals surface area contributed by atoms with Gasteiger partial charge in [0.25, 0.3) is 0 Å². The minimum absolute atomic E-state index is 0.0296. The zero-order valence-electron chi connectivity index (χ0n) is 17.4. The molecule has 0 aliphatic heterocycles. The van der Waals surface area contributed by atoms with E-state index >= 15 is 0 Å². The second kappa shape index (κ2) is 17.8. The number of unbranched alkanes of at least 4 members (excludes halogenated alkanes) is 11. The molecule has 0 fully saturated rings. The first kappa shape index (κ1) is 25.4. The van der Waals surface area contributed by atoms with Crippen molar-refractivity contribution in [2.75, 3.05) is 0 Å². The summed E-state index contributed by atoms with van der Waals surface area (Å²) in [6.45, 7) is 8.76. The third-order valence-corrected chi connectivity index (χ3v) is 5.80. The first-order valence-electron chi connectivity index (χ1n) is 10.8. The van der Waals surface area contributed by atoms with Crippen molar-refractivity contribution in [1.29, 1.82) is 0 Å². The fraction of sp³-hybridized carbons (Fsp3) is 1.00. The molecule has 0 aliphatic carbocycles. The molecule has 1 N–H and O–H groups in total. The first-order chi connectivity index (χ1) is 11.9. The van der Waals surface area contributed by atoms with Gasteiger partial charge in [0, 0.05) is 0 Å². The van der Waals surface area contributed by atoms with E-state index in [2.05, 4.69) is 27.7 Å². The Labute approximate surface area is 164 Å². The van der Waals surface area contributed by atoms with Gasteiger partial charge in [-0.25, -0.2) is 0 Å². The van der Waals surface area contributed by atoms with Crippen LogP contribution in [0.2, 0.25) is 0 Å². The van der Waals surface area contributed by atoms with Crippen molar-refractivity contribution in [3.63, 3.8) is 0 Å². The van der Waals surface area contributed by atoms with E-state index in [0.717, 1.165) is 18.8 Å². The van der Waals surface area contributed by atoms with Gasteiger partial charge >= 0.3 is 119 Å². The fourth-order valence-electron chi connectivity index (χ4n) is 3.32. The van der Waals surface area contributed by atoms with Crippen molar-refractivity contribution in [3.05, 3.63) is 0 Å². The first-order valence-corrected chi connectivity index (χ1v) is 12.8. The molecule has 0 saturated heterocycles. The van der Waals surface area contributed by atoms with Gasteiger partial charge in [0.2, 0.25) is 0 Å². The van der Waals surface area contributed by atoms with Gasteiger partial charge in [-0.2, -0.15) is 0 Å². The topological polar surface area (TPSA) is 46.5 Å². The van der Waals surface area contributed by atoms with Gasteiger partial charge in [0.05, 0.1) is 0 Å². The van der Waals surface area contributed by atoms with Crippen LogP contribution in [0.1, 0.15) is 118 Å². The summed E-state index contributed by atoms with van der Waals surface area (Å²) in [4.78, 5) is 0. The Morgan fingerprint density at radius 3 is 1.36 bits per heavy atom. The molecule has 0 rings (SSSR count). The van der Waals surface area contributed by atoms with E-state index in [9.17, 15) is 3.32 Å². The van der Waals surface area contributed by atoms with Crippen LogP contribution in [-0.2, 0) is 25.3 Å². The second-order valence-electron chi connectivity index (χ2n) is 8.38. The Morgan fingerprint density at radius 2 is 1.04 bits per heavy atom. The fourth-order valence-corrected chi connectivity index (χ4v) is 4.34. The van der Waals surface area contributed by atoms with E-state index in [1.807, 2.05) is 0 Å². The van der Waals surface area contributed by atoms with Crippen molar-refractivity contribution < 1.29 is 28.9 Å². The van der Waals surface area contributed by atoms with Gasteiger partial charge < -0.3 is 0 Å². The molecule has 25 heavy (non-hydrogen) atoms. The molecule has 0 aromatic rings. The van der Waals surface area contributed by atoms with Gasteiger partial charge in [-0.3, -0.25) is 0 Å². The number of hydrogen-bond donors (Lipinski definition) is 1. The van der Waals surface area contributed by atoms with E-state index in [-0.39, 0.29) is 6.10 Å². The third-order valence-electron chi connectivity index (χ3n) is 5.02. The summed E-state index contributed by atoms with van der Waals surface area (Å²) in [6, 6.07) is 0. The summed E-state index contributed by atoms with van der Waals surface area (Å²) in [5, 5.41) is 0. The molecule has 150 valence electrons. The summed E-state index contributed by atoms with van der Waals surface area (Å²) in [7, 11) is 0. The summed E-state index contributed by atoms with van der Waals surface area (Å²) < 4.78 is 25.1. The summed E-state index contributed by atoms with van der Waals surface area (Å²) in [6.07, 6.45) is 18.5. The molecular formula is C21H44O3Ti. The van der Waals surface area contributed by atoms with Crippen LogP contribution in [-0.4, -0.2) is 9.79 Å². The van der Waals surface area contributed by atoms with Crippen LogP contribution in [0.5, 0.6) is 0 Å². The SMILES string of the molecule is CC(C)CCCCCCCCCCCCCCC([O][Ti](=[O])[OH])C(C)C. The summed E-state index contributed by atoms with van der Waals surface area (Å²) >= 11 is -3.38.